The van der Waals surface area contributed by atoms with E-state index < -0.39 is 11.6 Å². The maximum Gasteiger partial charge on any atom is 0.159 e. The first-order valence-corrected chi connectivity index (χ1v) is 12.4. The Kier molecular flexibility index (Phi) is 4.93. The molecule has 3 fully saturated rings. The third kappa shape index (κ3) is 3.60. The summed E-state index contributed by atoms with van der Waals surface area (Å²) in [6.07, 6.45) is 15.2. The first-order valence-electron chi connectivity index (χ1n) is 12.4. The van der Waals surface area contributed by atoms with Gasteiger partial charge in [-0.3, -0.25) is 0 Å². The lowest BCUT2D eigenvalue weighted by Gasteiger charge is -2.53. The Labute approximate surface area is 193 Å². The van der Waals surface area contributed by atoms with Crippen molar-refractivity contribution >= 4 is 0 Å². The molecule has 7 heteroatoms. The number of fused-ring (bicyclic) bond motifs is 4. The molecule has 1 aliphatic heterocycles. The maximum atomic E-state index is 14.0. The van der Waals surface area contributed by atoms with Crippen LogP contribution in [0.5, 0.6) is 0 Å². The molecule has 7 rings (SSSR count). The molecule has 2 aromatic heterocycles. The summed E-state index contributed by atoms with van der Waals surface area (Å²) in [6.45, 7) is 2.91. The van der Waals surface area contributed by atoms with Crippen molar-refractivity contribution in [3.63, 3.8) is 0 Å². The minimum Gasteiger partial charge on any atom is -0.331 e. The van der Waals surface area contributed by atoms with E-state index >= 15 is 0 Å². The second kappa shape index (κ2) is 7.74. The molecule has 0 amide bonds. The zero-order chi connectivity index (χ0) is 22.6. The Bertz CT molecular complexity index is 1150. The van der Waals surface area contributed by atoms with Crippen molar-refractivity contribution in [3.05, 3.63) is 65.3 Å². The van der Waals surface area contributed by atoms with Gasteiger partial charge < -0.3 is 4.57 Å². The topological polar surface area (TPSA) is 48.5 Å². The highest BCUT2D eigenvalue weighted by molar-refractivity contribution is 5.28. The Hall–Kier alpha value is -2.57. The van der Waals surface area contributed by atoms with Crippen LogP contribution in [0.15, 0.2) is 30.7 Å². The van der Waals surface area contributed by atoms with Crippen LogP contribution in [-0.4, -0.2) is 24.3 Å². The summed E-state index contributed by atoms with van der Waals surface area (Å²) in [5.41, 5.74) is 2.40. The average molecular weight is 452 g/mol. The number of imidazole rings is 1. The van der Waals surface area contributed by atoms with Gasteiger partial charge in [-0.15, -0.1) is 0 Å². The van der Waals surface area contributed by atoms with E-state index in [1.807, 2.05) is 11.0 Å². The molecule has 3 heterocycles. The molecule has 3 saturated carbocycles. The summed E-state index contributed by atoms with van der Waals surface area (Å²) in [6, 6.07) is 4.27. The molecule has 3 aromatic rings. The maximum absolute atomic E-state index is 14.0. The largest absolute Gasteiger partial charge is 0.331 e. The molecule has 0 unspecified atom stereocenters. The lowest BCUT2D eigenvalue weighted by Crippen LogP contribution is -2.48. The number of benzene rings is 1. The highest BCUT2D eigenvalue weighted by atomic mass is 19.2. The van der Waals surface area contributed by atoms with Crippen molar-refractivity contribution in [2.75, 3.05) is 0 Å². The quantitative estimate of drug-likeness (QED) is 0.514. The van der Waals surface area contributed by atoms with Gasteiger partial charge in [-0.2, -0.15) is 5.10 Å². The van der Waals surface area contributed by atoms with E-state index in [4.69, 9.17) is 10.1 Å². The summed E-state index contributed by atoms with van der Waals surface area (Å²) in [5.74, 6) is 0.219. The van der Waals surface area contributed by atoms with Gasteiger partial charge in [-0.25, -0.2) is 23.4 Å². The van der Waals surface area contributed by atoms with Crippen LogP contribution in [-0.2, 0) is 18.5 Å². The summed E-state index contributed by atoms with van der Waals surface area (Å²) in [4.78, 5) is 9.49. The van der Waals surface area contributed by atoms with Crippen molar-refractivity contribution in [1.82, 2.24) is 24.3 Å². The molecule has 0 radical (unpaired) electrons. The van der Waals surface area contributed by atoms with Gasteiger partial charge in [-0.05, 0) is 81.4 Å². The average Bonchev–Trinajstić information content (AvgIpc) is 3.38. The number of nitrogens with zero attached hydrogens (tertiary/aromatic N) is 5. The van der Waals surface area contributed by atoms with Gasteiger partial charge in [0.25, 0.3) is 0 Å². The zero-order valence-electron chi connectivity index (χ0n) is 19.2. The van der Waals surface area contributed by atoms with Crippen LogP contribution >= 0.6 is 0 Å². The van der Waals surface area contributed by atoms with E-state index in [-0.39, 0.29) is 16.9 Å². The third-order valence-electron chi connectivity index (χ3n) is 8.67. The SMILES string of the molecule is Cc1cn(C23CCC(Cc4nc5n(n4)CCCC[C@@H]5c4ccc(F)c(F)c4)(CC2)CC3)cn1. The molecule has 0 spiro atoms. The van der Waals surface area contributed by atoms with Crippen LogP contribution in [0.1, 0.15) is 86.6 Å². The Morgan fingerprint density at radius 2 is 1.82 bits per heavy atom. The first-order chi connectivity index (χ1) is 16.0. The number of aryl methyl sites for hydroxylation is 2. The Morgan fingerprint density at radius 1 is 1.03 bits per heavy atom. The van der Waals surface area contributed by atoms with Gasteiger partial charge >= 0.3 is 0 Å². The van der Waals surface area contributed by atoms with Crippen molar-refractivity contribution in [2.45, 2.75) is 89.1 Å². The minimum absolute atomic E-state index is 0.0313. The van der Waals surface area contributed by atoms with Gasteiger partial charge in [0.05, 0.1) is 12.0 Å². The number of halogens is 2. The fraction of sp³-hybridized carbons (Fsp3) is 0.577. The van der Waals surface area contributed by atoms with Gasteiger partial charge in [0.15, 0.2) is 17.5 Å². The summed E-state index contributed by atoms with van der Waals surface area (Å²) in [7, 11) is 0. The van der Waals surface area contributed by atoms with Crippen LogP contribution in [0.4, 0.5) is 8.78 Å². The van der Waals surface area contributed by atoms with Crippen molar-refractivity contribution < 1.29 is 8.78 Å². The predicted octanol–water partition coefficient (Wildman–Crippen LogP) is 5.67. The standard InChI is InChI=1S/C26H31F2N5/c1-18-16-32(17-29-18)26-10-7-25(8-11-26,9-12-26)15-23-30-24-20(4-2-3-13-33(24)31-23)19-5-6-21(27)22(28)14-19/h5-6,14,16-17,20H,2-4,7-13,15H2,1H3/t20-,25?,26?/m1/s1. The second-order valence-electron chi connectivity index (χ2n) is 10.7. The molecule has 2 bridgehead atoms. The fourth-order valence-electron chi connectivity index (χ4n) is 6.60. The van der Waals surface area contributed by atoms with Gasteiger partial charge in [0.1, 0.15) is 5.82 Å². The van der Waals surface area contributed by atoms with Crippen LogP contribution < -0.4 is 0 Å². The van der Waals surface area contributed by atoms with Crippen molar-refractivity contribution in [1.29, 1.82) is 0 Å². The molecule has 3 aliphatic carbocycles. The van der Waals surface area contributed by atoms with Crippen LogP contribution in [0, 0.1) is 24.0 Å². The molecule has 0 saturated heterocycles. The molecule has 1 atom stereocenters. The molecule has 4 aliphatic rings. The van der Waals surface area contributed by atoms with E-state index in [1.165, 1.54) is 50.7 Å². The Balaban J connectivity index is 1.24. The Morgan fingerprint density at radius 3 is 2.52 bits per heavy atom. The van der Waals surface area contributed by atoms with E-state index in [2.05, 4.69) is 22.7 Å². The number of rotatable bonds is 4. The molecule has 5 nitrogen and oxygen atoms in total. The smallest absolute Gasteiger partial charge is 0.159 e. The third-order valence-corrected chi connectivity index (χ3v) is 8.67. The van der Waals surface area contributed by atoms with Crippen LogP contribution in [0.25, 0.3) is 0 Å². The van der Waals surface area contributed by atoms with Gasteiger partial charge in [-0.1, -0.05) is 12.5 Å². The van der Waals surface area contributed by atoms with Gasteiger partial charge in [0.2, 0.25) is 0 Å². The lowest BCUT2D eigenvalue weighted by molar-refractivity contribution is -0.00128. The molecule has 174 valence electrons. The fourth-order valence-corrected chi connectivity index (χ4v) is 6.60. The molecule has 0 N–H and O–H groups in total. The number of hydrogen-bond donors (Lipinski definition) is 0. The van der Waals surface area contributed by atoms with Crippen molar-refractivity contribution in [2.24, 2.45) is 5.41 Å². The first kappa shape index (κ1) is 21.0. The van der Waals surface area contributed by atoms with E-state index in [0.717, 1.165) is 55.1 Å². The molecule has 33 heavy (non-hydrogen) atoms. The van der Waals surface area contributed by atoms with E-state index in [9.17, 15) is 8.78 Å². The van der Waals surface area contributed by atoms with Crippen LogP contribution in [0.2, 0.25) is 0 Å². The summed E-state index contributed by atoms with van der Waals surface area (Å²) in [5, 5.41) is 4.93. The zero-order valence-corrected chi connectivity index (χ0v) is 19.2. The van der Waals surface area contributed by atoms with E-state index in [0.29, 0.717) is 0 Å². The second-order valence-corrected chi connectivity index (χ2v) is 10.7. The molecular formula is C26H31F2N5. The number of hydrogen-bond acceptors (Lipinski definition) is 3. The normalized spacial score (nSPS) is 29.1. The van der Waals surface area contributed by atoms with Crippen LogP contribution in [0.3, 0.4) is 0 Å². The molecule has 1 aromatic carbocycles. The predicted molar refractivity (Wildman–Crippen MR) is 121 cm³/mol. The van der Waals surface area contributed by atoms with Crippen molar-refractivity contribution in [3.8, 4) is 0 Å². The number of aromatic nitrogens is 5. The van der Waals surface area contributed by atoms with Gasteiger partial charge in [0, 0.05) is 30.6 Å². The summed E-state index contributed by atoms with van der Waals surface area (Å²) < 4.78 is 31.9. The lowest BCUT2D eigenvalue weighted by atomic mass is 9.56. The molecular weight excluding hydrogens is 420 g/mol. The monoisotopic (exact) mass is 451 g/mol. The van der Waals surface area contributed by atoms with E-state index in [1.54, 1.807) is 6.07 Å². The highest BCUT2D eigenvalue weighted by Gasteiger charge is 2.50. The highest BCUT2D eigenvalue weighted by Crippen LogP contribution is 2.56. The minimum atomic E-state index is -0.801. The summed E-state index contributed by atoms with van der Waals surface area (Å²) >= 11 is 0.